The van der Waals surface area contributed by atoms with Gasteiger partial charge in [0.05, 0.1) is 18.2 Å². The highest BCUT2D eigenvalue weighted by Gasteiger charge is 2.04. The van der Waals surface area contributed by atoms with Gasteiger partial charge in [-0.3, -0.25) is 4.79 Å². The van der Waals surface area contributed by atoms with Crippen LogP contribution in [0.4, 0.5) is 5.82 Å². The van der Waals surface area contributed by atoms with Crippen molar-refractivity contribution in [1.29, 1.82) is 5.26 Å². The molecule has 0 aliphatic rings. The minimum atomic E-state index is -0.0736. The van der Waals surface area contributed by atoms with Crippen molar-refractivity contribution in [3.8, 4) is 6.07 Å². The lowest BCUT2D eigenvalue weighted by molar-refractivity contribution is -0.116. The average molecular weight is 265 g/mol. The summed E-state index contributed by atoms with van der Waals surface area (Å²) < 4.78 is 0. The monoisotopic (exact) mass is 265 g/mol. The van der Waals surface area contributed by atoms with Crippen molar-refractivity contribution in [3.05, 3.63) is 59.8 Å². The fourth-order valence-corrected chi connectivity index (χ4v) is 1.84. The minimum absolute atomic E-state index is 0.0736. The van der Waals surface area contributed by atoms with Crippen LogP contribution in [0.1, 0.15) is 17.7 Å². The summed E-state index contributed by atoms with van der Waals surface area (Å²) in [5.74, 6) is 0.422. The maximum absolute atomic E-state index is 11.8. The Bertz CT molecular complexity index is 617. The highest BCUT2D eigenvalue weighted by atomic mass is 16.1. The first kappa shape index (κ1) is 13.8. The summed E-state index contributed by atoms with van der Waals surface area (Å²) in [6.07, 6.45) is 1.35. The van der Waals surface area contributed by atoms with Gasteiger partial charge < -0.3 is 5.32 Å². The number of hydrogen-bond donors (Lipinski definition) is 1. The van der Waals surface area contributed by atoms with Crippen LogP contribution in [0.2, 0.25) is 0 Å². The minimum Gasteiger partial charge on any atom is -0.311 e. The number of anilines is 1. The molecule has 2 rings (SSSR count). The Kier molecular flexibility index (Phi) is 4.85. The predicted molar refractivity (Wildman–Crippen MR) is 76.9 cm³/mol. The predicted octanol–water partition coefficient (Wildman–Crippen LogP) is 2.72. The number of hydrogen-bond acceptors (Lipinski definition) is 3. The lowest BCUT2D eigenvalue weighted by atomic mass is 10.1. The first-order chi connectivity index (χ1) is 9.78. The fraction of sp³-hybridized carbons (Fsp3) is 0.188. The van der Waals surface area contributed by atoms with Crippen LogP contribution in [0, 0.1) is 11.3 Å². The summed E-state index contributed by atoms with van der Waals surface area (Å²) in [5.41, 5.74) is 1.79. The standard InChI is InChI=1S/C16H15N3O/c17-12-11-14-7-4-8-15(18-14)19-16(20)10-9-13-5-2-1-3-6-13/h1-8H,9-11H2,(H,18,19,20). The third kappa shape index (κ3) is 4.21. The number of aryl methyl sites for hydroxylation is 1. The summed E-state index contributed by atoms with van der Waals surface area (Å²) in [7, 11) is 0. The molecule has 1 heterocycles. The number of nitrogens with zero attached hydrogens (tertiary/aromatic N) is 2. The SMILES string of the molecule is N#CCc1cccc(NC(=O)CCc2ccccc2)n1. The molecule has 0 saturated heterocycles. The smallest absolute Gasteiger partial charge is 0.225 e. The van der Waals surface area contributed by atoms with Crippen molar-refractivity contribution >= 4 is 11.7 Å². The van der Waals surface area contributed by atoms with Gasteiger partial charge in [0.15, 0.2) is 0 Å². The zero-order chi connectivity index (χ0) is 14.2. The second kappa shape index (κ2) is 7.05. The highest BCUT2D eigenvalue weighted by Crippen LogP contribution is 2.07. The molecular weight excluding hydrogens is 250 g/mol. The fourth-order valence-electron chi connectivity index (χ4n) is 1.84. The number of carbonyl (C=O) groups excluding carboxylic acids is 1. The molecule has 0 atom stereocenters. The number of nitriles is 1. The normalized spacial score (nSPS) is 9.75. The van der Waals surface area contributed by atoms with E-state index >= 15 is 0 Å². The molecule has 1 aromatic carbocycles. The van der Waals surface area contributed by atoms with Crippen molar-refractivity contribution in [2.45, 2.75) is 19.3 Å². The number of nitrogens with one attached hydrogen (secondary N) is 1. The molecule has 0 saturated carbocycles. The second-order valence-electron chi connectivity index (χ2n) is 4.38. The van der Waals surface area contributed by atoms with E-state index in [9.17, 15) is 4.79 Å². The molecule has 2 aromatic rings. The molecule has 4 heteroatoms. The number of aromatic nitrogens is 1. The van der Waals surface area contributed by atoms with Gasteiger partial charge in [0.2, 0.25) is 5.91 Å². The molecule has 4 nitrogen and oxygen atoms in total. The van der Waals surface area contributed by atoms with E-state index in [-0.39, 0.29) is 12.3 Å². The molecule has 0 spiro atoms. The Morgan fingerprint density at radius 2 is 1.95 bits per heavy atom. The van der Waals surface area contributed by atoms with Gasteiger partial charge in [-0.05, 0) is 24.1 Å². The number of amides is 1. The second-order valence-corrected chi connectivity index (χ2v) is 4.38. The molecule has 0 radical (unpaired) electrons. The zero-order valence-corrected chi connectivity index (χ0v) is 11.0. The van der Waals surface area contributed by atoms with Crippen molar-refractivity contribution in [1.82, 2.24) is 4.98 Å². The van der Waals surface area contributed by atoms with Crippen LogP contribution in [-0.2, 0) is 17.6 Å². The zero-order valence-electron chi connectivity index (χ0n) is 11.0. The Morgan fingerprint density at radius 1 is 1.15 bits per heavy atom. The summed E-state index contributed by atoms with van der Waals surface area (Å²) in [4.78, 5) is 16.0. The average Bonchev–Trinajstić information content (AvgIpc) is 2.47. The van der Waals surface area contributed by atoms with Crippen LogP contribution in [0.15, 0.2) is 48.5 Å². The van der Waals surface area contributed by atoms with Gasteiger partial charge in [-0.2, -0.15) is 5.26 Å². The number of pyridine rings is 1. The third-order valence-electron chi connectivity index (χ3n) is 2.82. The first-order valence-corrected chi connectivity index (χ1v) is 6.44. The largest absolute Gasteiger partial charge is 0.311 e. The topological polar surface area (TPSA) is 65.8 Å². The maximum Gasteiger partial charge on any atom is 0.225 e. The Hall–Kier alpha value is -2.67. The van der Waals surface area contributed by atoms with E-state index in [4.69, 9.17) is 5.26 Å². The van der Waals surface area contributed by atoms with E-state index in [1.807, 2.05) is 36.4 Å². The lowest BCUT2D eigenvalue weighted by Gasteiger charge is -2.05. The molecule has 1 amide bonds. The molecule has 1 aromatic heterocycles. The molecule has 100 valence electrons. The van der Waals surface area contributed by atoms with Crippen LogP contribution in [-0.4, -0.2) is 10.9 Å². The molecule has 0 aliphatic heterocycles. The van der Waals surface area contributed by atoms with Crippen LogP contribution in [0.25, 0.3) is 0 Å². The van der Waals surface area contributed by atoms with Gasteiger partial charge in [-0.15, -0.1) is 0 Å². The van der Waals surface area contributed by atoms with E-state index in [1.54, 1.807) is 18.2 Å². The highest BCUT2D eigenvalue weighted by molar-refractivity contribution is 5.89. The maximum atomic E-state index is 11.8. The van der Waals surface area contributed by atoms with Crippen LogP contribution >= 0.6 is 0 Å². The summed E-state index contributed by atoms with van der Waals surface area (Å²) >= 11 is 0. The van der Waals surface area contributed by atoms with Gasteiger partial charge in [-0.1, -0.05) is 36.4 Å². The van der Waals surface area contributed by atoms with Crippen molar-refractivity contribution < 1.29 is 4.79 Å². The van der Waals surface area contributed by atoms with E-state index in [0.717, 1.165) is 5.56 Å². The Balaban J connectivity index is 1.88. The van der Waals surface area contributed by atoms with E-state index in [0.29, 0.717) is 24.4 Å². The number of carbonyl (C=O) groups is 1. The molecule has 1 N–H and O–H groups in total. The van der Waals surface area contributed by atoms with E-state index in [2.05, 4.69) is 10.3 Å². The van der Waals surface area contributed by atoms with Crippen molar-refractivity contribution in [3.63, 3.8) is 0 Å². The van der Waals surface area contributed by atoms with E-state index in [1.165, 1.54) is 0 Å². The Labute approximate surface area is 118 Å². The van der Waals surface area contributed by atoms with Gasteiger partial charge in [0.1, 0.15) is 5.82 Å². The Morgan fingerprint density at radius 3 is 2.70 bits per heavy atom. The number of benzene rings is 1. The van der Waals surface area contributed by atoms with Crippen LogP contribution < -0.4 is 5.32 Å². The molecule has 0 fully saturated rings. The van der Waals surface area contributed by atoms with Gasteiger partial charge in [-0.25, -0.2) is 4.98 Å². The van der Waals surface area contributed by atoms with Crippen LogP contribution in [0.3, 0.4) is 0 Å². The van der Waals surface area contributed by atoms with Gasteiger partial charge >= 0.3 is 0 Å². The summed E-state index contributed by atoms with van der Waals surface area (Å²) in [6, 6.07) is 17.2. The molecule has 0 aliphatic carbocycles. The molecule has 0 bridgehead atoms. The van der Waals surface area contributed by atoms with E-state index < -0.39 is 0 Å². The molecular formula is C16H15N3O. The van der Waals surface area contributed by atoms with Crippen molar-refractivity contribution in [2.75, 3.05) is 5.32 Å². The van der Waals surface area contributed by atoms with Crippen LogP contribution in [0.5, 0.6) is 0 Å². The molecule has 20 heavy (non-hydrogen) atoms. The lowest BCUT2D eigenvalue weighted by Crippen LogP contribution is -2.13. The first-order valence-electron chi connectivity index (χ1n) is 6.44. The van der Waals surface area contributed by atoms with Gasteiger partial charge in [0.25, 0.3) is 0 Å². The third-order valence-corrected chi connectivity index (χ3v) is 2.82. The molecule has 0 unspecified atom stereocenters. The summed E-state index contributed by atoms with van der Waals surface area (Å²) in [5, 5.41) is 11.4. The van der Waals surface area contributed by atoms with Crippen molar-refractivity contribution in [2.24, 2.45) is 0 Å². The van der Waals surface area contributed by atoms with Gasteiger partial charge in [0, 0.05) is 6.42 Å². The number of rotatable bonds is 5. The quantitative estimate of drug-likeness (QED) is 0.904. The summed E-state index contributed by atoms with van der Waals surface area (Å²) in [6.45, 7) is 0.